The summed E-state index contributed by atoms with van der Waals surface area (Å²) in [7, 11) is 1.43. The first-order valence-corrected chi connectivity index (χ1v) is 10.1. The molecule has 0 spiro atoms. The molecule has 2 fully saturated rings. The summed E-state index contributed by atoms with van der Waals surface area (Å²) in [6.45, 7) is 5.05. The molecule has 1 aromatic carbocycles. The number of amides is 1. The molecule has 1 saturated heterocycles. The Labute approximate surface area is 189 Å². The van der Waals surface area contributed by atoms with Gasteiger partial charge in [0.15, 0.2) is 5.96 Å². The van der Waals surface area contributed by atoms with E-state index in [-0.39, 0.29) is 35.5 Å². The molecule has 0 atom stereocenters. The van der Waals surface area contributed by atoms with E-state index in [0.717, 1.165) is 49.8 Å². The number of carbonyl (C=O) groups is 1. The number of hydrogen-bond donors (Lipinski definition) is 2. The van der Waals surface area contributed by atoms with E-state index in [1.165, 1.54) is 12.7 Å². The summed E-state index contributed by atoms with van der Waals surface area (Å²) >= 11 is 6.17. The molecule has 1 aromatic rings. The van der Waals surface area contributed by atoms with Gasteiger partial charge >= 0.3 is 6.09 Å². The Kier molecular flexibility index (Phi) is 8.67. The fourth-order valence-electron chi connectivity index (χ4n) is 3.59. The zero-order valence-electron chi connectivity index (χ0n) is 16.5. The molecule has 0 radical (unpaired) electrons. The van der Waals surface area contributed by atoms with Gasteiger partial charge < -0.3 is 20.3 Å². The van der Waals surface area contributed by atoms with Gasteiger partial charge in [-0.05, 0) is 50.3 Å². The zero-order chi connectivity index (χ0) is 19.3. The first-order valence-electron chi connectivity index (χ1n) is 9.70. The fraction of sp³-hybridized carbons (Fsp3) is 0.600. The van der Waals surface area contributed by atoms with E-state index < -0.39 is 0 Å². The molecular weight excluding hydrogens is 491 g/mol. The Morgan fingerprint density at radius 3 is 2.64 bits per heavy atom. The molecule has 2 aliphatic rings. The summed E-state index contributed by atoms with van der Waals surface area (Å²) < 4.78 is 4.80. The van der Waals surface area contributed by atoms with Crippen molar-refractivity contribution < 1.29 is 9.53 Å². The number of hydrogen-bond acceptors (Lipinski definition) is 3. The molecule has 0 bridgehead atoms. The topological polar surface area (TPSA) is 66.0 Å². The average Bonchev–Trinajstić information content (AvgIpc) is 3.47. The van der Waals surface area contributed by atoms with Crippen LogP contribution in [0.15, 0.2) is 29.3 Å². The SMILES string of the molecule is CCNC(=NCC1(c2cccc(Cl)c2)CC1)NC1CCN(C(=O)OC)CC1.I. The number of piperidine rings is 1. The van der Waals surface area contributed by atoms with Gasteiger partial charge in [0.1, 0.15) is 0 Å². The van der Waals surface area contributed by atoms with Crippen molar-refractivity contribution in [1.82, 2.24) is 15.5 Å². The van der Waals surface area contributed by atoms with Crippen molar-refractivity contribution in [1.29, 1.82) is 0 Å². The van der Waals surface area contributed by atoms with Crippen LogP contribution in [0.4, 0.5) is 4.79 Å². The van der Waals surface area contributed by atoms with Crippen LogP contribution < -0.4 is 10.6 Å². The van der Waals surface area contributed by atoms with Gasteiger partial charge in [-0.15, -0.1) is 24.0 Å². The van der Waals surface area contributed by atoms with Gasteiger partial charge in [-0.25, -0.2) is 4.79 Å². The standard InChI is InChI=1S/C20H29ClN4O2.HI/c1-3-22-18(24-17-7-11-25(12-8-17)19(26)27-2)23-14-20(9-10-20)15-5-4-6-16(21)13-15;/h4-6,13,17H,3,7-12,14H2,1-2H3,(H2,22,23,24);1H. The highest BCUT2D eigenvalue weighted by molar-refractivity contribution is 14.0. The molecule has 1 aliphatic heterocycles. The highest BCUT2D eigenvalue weighted by Crippen LogP contribution is 2.48. The third kappa shape index (κ3) is 5.89. The van der Waals surface area contributed by atoms with Crippen LogP contribution in [0.2, 0.25) is 5.02 Å². The number of benzene rings is 1. The number of nitrogens with one attached hydrogen (secondary N) is 2. The Hall–Kier alpha value is -1.22. The summed E-state index contributed by atoms with van der Waals surface area (Å²) in [5.41, 5.74) is 1.41. The number of ether oxygens (including phenoxy) is 1. The number of halogens is 2. The van der Waals surface area contributed by atoms with Crippen molar-refractivity contribution in [3.63, 3.8) is 0 Å². The predicted molar refractivity (Wildman–Crippen MR) is 124 cm³/mol. The van der Waals surface area contributed by atoms with Crippen molar-refractivity contribution >= 4 is 47.6 Å². The van der Waals surface area contributed by atoms with E-state index in [1.807, 2.05) is 12.1 Å². The summed E-state index contributed by atoms with van der Waals surface area (Å²) in [5, 5.41) is 7.66. The number of methoxy groups -OCH3 is 1. The maximum absolute atomic E-state index is 11.6. The molecule has 28 heavy (non-hydrogen) atoms. The highest BCUT2D eigenvalue weighted by Gasteiger charge is 2.44. The van der Waals surface area contributed by atoms with Gasteiger partial charge in [0, 0.05) is 36.1 Å². The van der Waals surface area contributed by atoms with Crippen molar-refractivity contribution in [2.75, 3.05) is 33.3 Å². The quantitative estimate of drug-likeness (QED) is 0.352. The molecule has 1 aliphatic carbocycles. The van der Waals surface area contributed by atoms with Crippen LogP contribution in [0.5, 0.6) is 0 Å². The first kappa shape index (κ1) is 23.1. The van der Waals surface area contributed by atoms with Crippen LogP contribution >= 0.6 is 35.6 Å². The molecule has 3 rings (SSSR count). The normalized spacial score (nSPS) is 18.8. The van der Waals surface area contributed by atoms with E-state index >= 15 is 0 Å². The second-order valence-electron chi connectivity index (χ2n) is 7.36. The predicted octanol–water partition coefficient (Wildman–Crippen LogP) is 3.78. The smallest absolute Gasteiger partial charge is 0.409 e. The number of carbonyl (C=O) groups excluding carboxylic acids is 1. The van der Waals surface area contributed by atoms with Crippen molar-refractivity contribution in [3.8, 4) is 0 Å². The molecule has 1 amide bonds. The number of likely N-dealkylation sites (tertiary alicyclic amines) is 1. The van der Waals surface area contributed by atoms with Gasteiger partial charge in [0.05, 0.1) is 13.7 Å². The van der Waals surface area contributed by atoms with Gasteiger partial charge in [0.2, 0.25) is 0 Å². The summed E-state index contributed by atoms with van der Waals surface area (Å²) in [6.07, 6.45) is 3.82. The van der Waals surface area contributed by atoms with Gasteiger partial charge in [-0.1, -0.05) is 23.7 Å². The van der Waals surface area contributed by atoms with Crippen LogP contribution in [-0.4, -0.2) is 56.3 Å². The minimum Gasteiger partial charge on any atom is -0.453 e. The molecule has 156 valence electrons. The van der Waals surface area contributed by atoms with E-state index in [1.54, 1.807) is 4.90 Å². The Morgan fingerprint density at radius 2 is 2.07 bits per heavy atom. The van der Waals surface area contributed by atoms with Gasteiger partial charge in [-0.2, -0.15) is 0 Å². The summed E-state index contributed by atoms with van der Waals surface area (Å²) in [5.74, 6) is 0.849. The van der Waals surface area contributed by atoms with Crippen molar-refractivity contribution in [2.45, 2.75) is 44.1 Å². The van der Waals surface area contributed by atoms with Gasteiger partial charge in [-0.3, -0.25) is 4.99 Å². The molecule has 1 heterocycles. The van der Waals surface area contributed by atoms with Crippen LogP contribution in [0, 0.1) is 0 Å². The molecular formula is C20H30ClIN4O2. The number of rotatable bonds is 5. The Morgan fingerprint density at radius 1 is 1.36 bits per heavy atom. The maximum atomic E-state index is 11.6. The van der Waals surface area contributed by atoms with Crippen LogP contribution in [0.3, 0.4) is 0 Å². The second kappa shape index (κ2) is 10.5. The third-order valence-electron chi connectivity index (χ3n) is 5.44. The summed E-state index contributed by atoms with van der Waals surface area (Å²) in [4.78, 5) is 18.2. The number of guanidine groups is 1. The lowest BCUT2D eigenvalue weighted by Gasteiger charge is -2.32. The monoisotopic (exact) mass is 520 g/mol. The lowest BCUT2D eigenvalue weighted by atomic mass is 9.96. The maximum Gasteiger partial charge on any atom is 0.409 e. The van der Waals surface area contributed by atoms with E-state index in [2.05, 4.69) is 29.7 Å². The Bertz CT molecular complexity index is 689. The van der Waals surface area contributed by atoms with E-state index in [9.17, 15) is 4.79 Å². The Balaban J connectivity index is 0.00000280. The molecule has 6 nitrogen and oxygen atoms in total. The lowest BCUT2D eigenvalue weighted by molar-refractivity contribution is 0.111. The number of aliphatic imine (C=N–C) groups is 1. The first-order chi connectivity index (χ1) is 13.1. The average molecular weight is 521 g/mol. The van der Waals surface area contributed by atoms with E-state index in [0.29, 0.717) is 19.1 Å². The lowest BCUT2D eigenvalue weighted by Crippen LogP contribution is -2.50. The minimum atomic E-state index is -0.244. The fourth-order valence-corrected chi connectivity index (χ4v) is 3.78. The zero-order valence-corrected chi connectivity index (χ0v) is 19.6. The van der Waals surface area contributed by atoms with Gasteiger partial charge in [0.25, 0.3) is 0 Å². The number of nitrogens with zero attached hydrogens (tertiary/aromatic N) is 2. The van der Waals surface area contributed by atoms with E-state index in [4.69, 9.17) is 21.3 Å². The highest BCUT2D eigenvalue weighted by atomic mass is 127. The van der Waals surface area contributed by atoms with Crippen molar-refractivity contribution in [3.05, 3.63) is 34.9 Å². The second-order valence-corrected chi connectivity index (χ2v) is 7.80. The third-order valence-corrected chi connectivity index (χ3v) is 5.68. The van der Waals surface area contributed by atoms with Crippen LogP contribution in [-0.2, 0) is 10.2 Å². The largest absolute Gasteiger partial charge is 0.453 e. The van der Waals surface area contributed by atoms with Crippen molar-refractivity contribution in [2.24, 2.45) is 4.99 Å². The molecule has 1 saturated carbocycles. The van der Waals surface area contributed by atoms with Crippen LogP contribution in [0.1, 0.15) is 38.2 Å². The van der Waals surface area contributed by atoms with Crippen LogP contribution in [0.25, 0.3) is 0 Å². The summed E-state index contributed by atoms with van der Waals surface area (Å²) in [6, 6.07) is 8.45. The molecule has 8 heteroatoms. The molecule has 0 unspecified atom stereocenters. The molecule has 2 N–H and O–H groups in total. The molecule has 0 aromatic heterocycles. The minimum absolute atomic E-state index is 0.